The Morgan fingerprint density at radius 3 is 2.88 bits per heavy atom. The Morgan fingerprint density at radius 2 is 2.12 bits per heavy atom. The van der Waals surface area contributed by atoms with Crippen LogP contribution in [0.3, 0.4) is 0 Å². The zero-order valence-corrected chi connectivity index (χ0v) is 14.4. The molecule has 25 heavy (non-hydrogen) atoms. The lowest BCUT2D eigenvalue weighted by Gasteiger charge is -2.20. The van der Waals surface area contributed by atoms with Gasteiger partial charge in [-0.3, -0.25) is 9.48 Å². The Hall–Kier alpha value is -1.92. The fraction of sp³-hybridized carbons (Fsp3) is 0.444. The summed E-state index contributed by atoms with van der Waals surface area (Å²) in [6.07, 6.45) is 2.25. The van der Waals surface area contributed by atoms with Gasteiger partial charge in [-0.2, -0.15) is 5.10 Å². The number of fused-ring (bicyclic) bond motifs is 1. The number of carbonyl (C=O) groups is 1. The van der Waals surface area contributed by atoms with Crippen LogP contribution in [0.15, 0.2) is 24.3 Å². The number of rotatable bonds is 3. The molecule has 7 heteroatoms. The van der Waals surface area contributed by atoms with Crippen LogP contribution in [0.2, 0.25) is 5.02 Å². The molecule has 1 saturated carbocycles. The Balaban J connectivity index is 1.58. The van der Waals surface area contributed by atoms with Crippen molar-refractivity contribution < 1.29 is 14.3 Å². The summed E-state index contributed by atoms with van der Waals surface area (Å²) in [6, 6.07) is 5.87. The highest BCUT2D eigenvalue weighted by molar-refractivity contribution is 6.31. The maximum Gasteiger partial charge on any atom is 0.257 e. The monoisotopic (exact) mass is 363 g/mol. The van der Waals surface area contributed by atoms with E-state index in [1.807, 2.05) is 10.7 Å². The summed E-state index contributed by atoms with van der Waals surface area (Å²) in [6.45, 7) is 1.54. The second-order valence-electron chi connectivity index (χ2n) is 6.77. The lowest BCUT2D eigenvalue weighted by molar-refractivity contribution is 0.0741. The summed E-state index contributed by atoms with van der Waals surface area (Å²) in [5, 5.41) is 15.1. The number of benzene rings is 1. The average Bonchev–Trinajstić information content (AvgIpc) is 3.40. The van der Waals surface area contributed by atoms with Gasteiger partial charge in [0.05, 0.1) is 23.5 Å². The van der Waals surface area contributed by atoms with Gasteiger partial charge in [-0.25, -0.2) is 4.39 Å². The standard InChI is InChI=1S/C18H19ClFN3O2/c19-12-4-5-15(20)14(8-12)18(25)22-6-1-7-23-13(10-22)9-16(21-23)17(24)11-2-3-11/h4-5,8-9,11,17,24H,1-3,6-7,10H2. The van der Waals surface area contributed by atoms with Crippen LogP contribution in [-0.4, -0.2) is 32.2 Å². The van der Waals surface area contributed by atoms with E-state index in [2.05, 4.69) is 5.10 Å². The predicted molar refractivity (Wildman–Crippen MR) is 90.7 cm³/mol. The van der Waals surface area contributed by atoms with Crippen LogP contribution in [0.4, 0.5) is 4.39 Å². The zero-order valence-electron chi connectivity index (χ0n) is 13.7. The van der Waals surface area contributed by atoms with Crippen molar-refractivity contribution in [1.82, 2.24) is 14.7 Å². The molecule has 5 nitrogen and oxygen atoms in total. The van der Waals surface area contributed by atoms with E-state index >= 15 is 0 Å². The first-order valence-electron chi connectivity index (χ1n) is 8.52. The third kappa shape index (κ3) is 3.28. The Morgan fingerprint density at radius 1 is 1.32 bits per heavy atom. The molecular formula is C18H19ClFN3O2. The van der Waals surface area contributed by atoms with Gasteiger partial charge < -0.3 is 10.0 Å². The lowest BCUT2D eigenvalue weighted by atomic mass is 10.1. The molecule has 0 bridgehead atoms. The van der Waals surface area contributed by atoms with E-state index in [1.165, 1.54) is 18.2 Å². The molecule has 2 aliphatic rings. The molecule has 1 aromatic heterocycles. The van der Waals surface area contributed by atoms with Crippen LogP contribution in [0, 0.1) is 11.7 Å². The van der Waals surface area contributed by atoms with Crippen molar-refractivity contribution in [1.29, 1.82) is 0 Å². The topological polar surface area (TPSA) is 58.4 Å². The average molecular weight is 364 g/mol. The lowest BCUT2D eigenvalue weighted by Crippen LogP contribution is -2.31. The highest BCUT2D eigenvalue weighted by atomic mass is 35.5. The van der Waals surface area contributed by atoms with Crippen molar-refractivity contribution in [2.75, 3.05) is 6.54 Å². The van der Waals surface area contributed by atoms with Crippen LogP contribution in [0.25, 0.3) is 0 Å². The summed E-state index contributed by atoms with van der Waals surface area (Å²) in [7, 11) is 0. The number of hydrogen-bond donors (Lipinski definition) is 1. The molecule has 1 N–H and O–H groups in total. The third-order valence-electron chi connectivity index (χ3n) is 4.85. The van der Waals surface area contributed by atoms with Crippen LogP contribution < -0.4 is 0 Å². The van der Waals surface area contributed by atoms with Crippen molar-refractivity contribution in [2.24, 2.45) is 5.92 Å². The largest absolute Gasteiger partial charge is 0.386 e. The molecule has 1 aliphatic carbocycles. The Kier molecular flexibility index (Phi) is 4.25. The van der Waals surface area contributed by atoms with E-state index < -0.39 is 11.9 Å². The highest BCUT2D eigenvalue weighted by Gasteiger charge is 2.33. The fourth-order valence-corrected chi connectivity index (χ4v) is 3.46. The van der Waals surface area contributed by atoms with Crippen molar-refractivity contribution >= 4 is 17.5 Å². The minimum Gasteiger partial charge on any atom is -0.386 e. The number of amides is 1. The molecule has 1 amide bonds. The first kappa shape index (κ1) is 16.5. The van der Waals surface area contributed by atoms with Crippen molar-refractivity contribution in [3.8, 4) is 0 Å². The van der Waals surface area contributed by atoms with Crippen molar-refractivity contribution in [3.05, 3.63) is 52.1 Å². The first-order chi connectivity index (χ1) is 12.0. The van der Waals surface area contributed by atoms with E-state index in [1.54, 1.807) is 4.90 Å². The number of hydrogen-bond acceptors (Lipinski definition) is 3. The van der Waals surface area contributed by atoms with E-state index in [-0.39, 0.29) is 11.5 Å². The Labute approximate surface area is 150 Å². The quantitative estimate of drug-likeness (QED) is 0.911. The molecule has 0 spiro atoms. The zero-order chi connectivity index (χ0) is 17.6. The molecular weight excluding hydrogens is 345 g/mol. The van der Waals surface area contributed by atoms with Gasteiger partial charge in [0.15, 0.2) is 0 Å². The van der Waals surface area contributed by atoms with Gasteiger partial charge in [0, 0.05) is 18.1 Å². The molecule has 1 aromatic carbocycles. The van der Waals surface area contributed by atoms with Gasteiger partial charge in [-0.05, 0) is 49.4 Å². The van der Waals surface area contributed by atoms with Gasteiger partial charge >= 0.3 is 0 Å². The SMILES string of the molecule is O=C(c1cc(Cl)ccc1F)N1CCCn2nc(C(O)C3CC3)cc2C1. The van der Waals surface area contributed by atoms with Gasteiger partial charge in [-0.1, -0.05) is 11.6 Å². The number of aryl methyl sites for hydroxylation is 1. The van der Waals surface area contributed by atoms with Gasteiger partial charge in [-0.15, -0.1) is 0 Å². The number of aliphatic hydroxyl groups is 1. The number of aliphatic hydroxyl groups excluding tert-OH is 1. The third-order valence-corrected chi connectivity index (χ3v) is 5.09. The molecule has 132 valence electrons. The van der Waals surface area contributed by atoms with Crippen LogP contribution in [-0.2, 0) is 13.1 Å². The van der Waals surface area contributed by atoms with E-state index in [9.17, 15) is 14.3 Å². The molecule has 0 radical (unpaired) electrons. The fourth-order valence-electron chi connectivity index (χ4n) is 3.29. The van der Waals surface area contributed by atoms with Gasteiger partial charge in [0.25, 0.3) is 5.91 Å². The minimum absolute atomic E-state index is 0.0151. The summed E-state index contributed by atoms with van der Waals surface area (Å²) in [5.74, 6) is -0.645. The minimum atomic E-state index is -0.572. The normalized spacial score (nSPS) is 18.6. The molecule has 1 fully saturated rings. The highest BCUT2D eigenvalue weighted by Crippen LogP contribution is 2.40. The van der Waals surface area contributed by atoms with Crippen molar-refractivity contribution in [2.45, 2.75) is 38.5 Å². The summed E-state index contributed by atoms with van der Waals surface area (Å²) < 4.78 is 15.9. The first-order valence-corrected chi connectivity index (χ1v) is 8.90. The summed E-state index contributed by atoms with van der Waals surface area (Å²) in [4.78, 5) is 14.4. The number of carbonyl (C=O) groups excluding carboxylic acids is 1. The Bertz CT molecular complexity index is 819. The predicted octanol–water partition coefficient (Wildman–Crippen LogP) is 3.17. The van der Waals surface area contributed by atoms with Crippen molar-refractivity contribution in [3.63, 3.8) is 0 Å². The number of nitrogens with zero attached hydrogens (tertiary/aromatic N) is 3. The van der Waals surface area contributed by atoms with Crippen LogP contribution in [0.1, 0.15) is 47.1 Å². The second kappa shape index (κ2) is 6.42. The van der Waals surface area contributed by atoms with Crippen LogP contribution in [0.5, 0.6) is 0 Å². The van der Waals surface area contributed by atoms with Gasteiger partial charge in [0.1, 0.15) is 11.9 Å². The van der Waals surface area contributed by atoms with E-state index in [0.717, 1.165) is 25.0 Å². The molecule has 1 aliphatic heterocycles. The maximum atomic E-state index is 14.0. The molecule has 1 atom stereocenters. The van der Waals surface area contributed by atoms with Gasteiger partial charge in [0.2, 0.25) is 0 Å². The molecule has 0 saturated heterocycles. The second-order valence-corrected chi connectivity index (χ2v) is 7.21. The molecule has 2 heterocycles. The summed E-state index contributed by atoms with van der Waals surface area (Å²) >= 11 is 5.91. The van der Waals surface area contributed by atoms with E-state index in [4.69, 9.17) is 11.6 Å². The van der Waals surface area contributed by atoms with E-state index in [0.29, 0.717) is 36.3 Å². The molecule has 2 aromatic rings. The maximum absolute atomic E-state index is 14.0. The summed E-state index contributed by atoms with van der Waals surface area (Å²) in [5.41, 5.74) is 1.52. The smallest absolute Gasteiger partial charge is 0.257 e. The molecule has 4 rings (SSSR count). The number of aromatic nitrogens is 2. The molecule has 1 unspecified atom stereocenters. The van der Waals surface area contributed by atoms with Crippen LogP contribution >= 0.6 is 11.6 Å². The number of halogens is 2.